The van der Waals surface area contributed by atoms with Crippen LogP contribution in [0.2, 0.25) is 0 Å². The predicted octanol–water partition coefficient (Wildman–Crippen LogP) is 4.17. The minimum absolute atomic E-state index is 0.00777. The largest absolute Gasteiger partial charge is 0.506 e. The Balaban J connectivity index is 1.21. The first kappa shape index (κ1) is 33.3. The molecule has 0 radical (unpaired) electrons. The molecule has 0 aliphatic carbocycles. The summed E-state index contributed by atoms with van der Waals surface area (Å²) < 4.78 is 11.5. The number of aromatic hydroxyl groups is 1. The van der Waals surface area contributed by atoms with Crippen molar-refractivity contribution in [3.63, 3.8) is 0 Å². The van der Waals surface area contributed by atoms with Gasteiger partial charge in [-0.1, -0.05) is 51.1 Å². The number of hydrogen-bond donors (Lipinski definition) is 3. The van der Waals surface area contributed by atoms with Crippen LogP contribution in [0.4, 0.5) is 5.69 Å². The van der Waals surface area contributed by atoms with Gasteiger partial charge in [0, 0.05) is 44.4 Å². The van der Waals surface area contributed by atoms with E-state index in [2.05, 4.69) is 79.6 Å². The van der Waals surface area contributed by atoms with Crippen molar-refractivity contribution in [2.24, 2.45) is 10.5 Å². The smallest absolute Gasteiger partial charge is 0.262 e. The molecule has 4 rings (SSSR count). The lowest BCUT2D eigenvalue weighted by Gasteiger charge is -2.38. The third-order valence-electron chi connectivity index (χ3n) is 8.53. The number of hydrazone groups is 1. The molecule has 0 saturated carbocycles. The molecular weight excluding hydrogens is 558 g/mol. The van der Waals surface area contributed by atoms with Crippen LogP contribution in [0.3, 0.4) is 0 Å². The lowest BCUT2D eigenvalue weighted by atomic mass is 9.86. The SMILES string of the molecule is CCN1CC(c2cccc(CCOCCC(=O)N(CCNCCc3ccc(O)c4c3OCC(=O)N4)[C@H](C)C(C)(C)C)c2)C=N1. The van der Waals surface area contributed by atoms with Gasteiger partial charge in [0.15, 0.2) is 12.4 Å². The quantitative estimate of drug-likeness (QED) is 0.206. The molecule has 1 unspecified atom stereocenters. The number of ether oxygens (including phenoxy) is 2. The molecule has 2 aromatic carbocycles. The number of phenols is 1. The molecule has 2 aromatic rings. The standard InChI is InChI=1S/C34H49N5O5/c1-6-38-22-28(21-36-38)27-9-7-8-25(20-27)13-18-43-19-14-31(42)39(24(2)34(3,4)5)17-16-35-15-12-26-10-11-29(40)32-33(26)44-23-30(41)37-32/h7-11,20-21,24,28,35,40H,6,12-19,22-23H2,1-5H3,(H,37,41)/t24-,28?/m1/s1. The second kappa shape index (κ2) is 15.4. The predicted molar refractivity (Wildman–Crippen MR) is 173 cm³/mol. The molecule has 0 fully saturated rings. The topological polar surface area (TPSA) is 116 Å². The molecular formula is C34H49N5O5. The van der Waals surface area contributed by atoms with Gasteiger partial charge in [-0.25, -0.2) is 0 Å². The Morgan fingerprint density at radius 1 is 1.23 bits per heavy atom. The minimum Gasteiger partial charge on any atom is -0.506 e. The van der Waals surface area contributed by atoms with E-state index in [1.165, 1.54) is 11.1 Å². The second-order valence-corrected chi connectivity index (χ2v) is 12.6. The summed E-state index contributed by atoms with van der Waals surface area (Å²) in [6.45, 7) is 15.3. The van der Waals surface area contributed by atoms with E-state index in [9.17, 15) is 14.7 Å². The van der Waals surface area contributed by atoms with Gasteiger partial charge < -0.3 is 30.1 Å². The van der Waals surface area contributed by atoms with Crippen molar-refractivity contribution >= 4 is 23.7 Å². The highest BCUT2D eigenvalue weighted by atomic mass is 16.5. The van der Waals surface area contributed by atoms with Crippen molar-refractivity contribution in [3.8, 4) is 11.5 Å². The number of nitrogens with zero attached hydrogens (tertiary/aromatic N) is 3. The van der Waals surface area contributed by atoms with Gasteiger partial charge in [-0.3, -0.25) is 14.6 Å². The van der Waals surface area contributed by atoms with Crippen molar-refractivity contribution in [2.75, 3.05) is 57.9 Å². The molecule has 2 aliphatic heterocycles. The van der Waals surface area contributed by atoms with Crippen LogP contribution < -0.4 is 15.4 Å². The van der Waals surface area contributed by atoms with Crippen molar-refractivity contribution < 1.29 is 24.2 Å². The summed E-state index contributed by atoms with van der Waals surface area (Å²) in [6, 6.07) is 12.1. The summed E-state index contributed by atoms with van der Waals surface area (Å²) in [5, 5.41) is 22.7. The molecule has 2 aliphatic rings. The fourth-order valence-electron chi connectivity index (χ4n) is 5.43. The van der Waals surface area contributed by atoms with Crippen LogP contribution in [-0.4, -0.2) is 91.6 Å². The van der Waals surface area contributed by atoms with E-state index in [1.807, 2.05) is 17.2 Å². The summed E-state index contributed by atoms with van der Waals surface area (Å²) >= 11 is 0. The fraction of sp³-hybridized carbons (Fsp3) is 0.559. The summed E-state index contributed by atoms with van der Waals surface area (Å²) in [5.41, 5.74) is 3.68. The fourth-order valence-corrected chi connectivity index (χ4v) is 5.43. The molecule has 0 bridgehead atoms. The van der Waals surface area contributed by atoms with E-state index in [0.29, 0.717) is 63.0 Å². The number of anilines is 1. The number of carbonyl (C=O) groups is 2. The maximum Gasteiger partial charge on any atom is 0.262 e. The minimum atomic E-state index is -0.282. The molecule has 10 heteroatoms. The maximum atomic E-state index is 13.3. The van der Waals surface area contributed by atoms with E-state index >= 15 is 0 Å². The summed E-state index contributed by atoms with van der Waals surface area (Å²) in [4.78, 5) is 27.0. The van der Waals surface area contributed by atoms with Crippen LogP contribution in [0.5, 0.6) is 11.5 Å². The van der Waals surface area contributed by atoms with Gasteiger partial charge >= 0.3 is 0 Å². The third-order valence-corrected chi connectivity index (χ3v) is 8.53. The van der Waals surface area contributed by atoms with Crippen LogP contribution in [0, 0.1) is 5.41 Å². The van der Waals surface area contributed by atoms with Crippen LogP contribution >= 0.6 is 0 Å². The Morgan fingerprint density at radius 3 is 2.80 bits per heavy atom. The Bertz CT molecular complexity index is 1310. The third kappa shape index (κ3) is 8.95. The average Bonchev–Trinajstić information content (AvgIpc) is 3.49. The first-order valence-corrected chi connectivity index (χ1v) is 15.8. The van der Waals surface area contributed by atoms with Crippen LogP contribution in [0.15, 0.2) is 41.5 Å². The van der Waals surface area contributed by atoms with Crippen molar-refractivity contribution in [3.05, 3.63) is 53.1 Å². The Labute approximate surface area is 261 Å². The summed E-state index contributed by atoms with van der Waals surface area (Å²) in [6.07, 6.45) is 3.83. The zero-order valence-corrected chi connectivity index (χ0v) is 26.9. The number of fused-ring (bicyclic) bond motifs is 1. The highest BCUT2D eigenvalue weighted by molar-refractivity contribution is 5.97. The summed E-state index contributed by atoms with van der Waals surface area (Å²) in [5.74, 6) is 0.648. The van der Waals surface area contributed by atoms with Crippen molar-refractivity contribution in [2.45, 2.75) is 65.8 Å². The van der Waals surface area contributed by atoms with Gasteiger partial charge in [-0.15, -0.1) is 0 Å². The van der Waals surface area contributed by atoms with Gasteiger partial charge in [0.2, 0.25) is 5.91 Å². The van der Waals surface area contributed by atoms with E-state index in [1.54, 1.807) is 6.07 Å². The number of hydrogen-bond acceptors (Lipinski definition) is 8. The molecule has 240 valence electrons. The molecule has 2 atom stereocenters. The Hall–Kier alpha value is -3.63. The van der Waals surface area contributed by atoms with Crippen molar-refractivity contribution in [1.82, 2.24) is 15.2 Å². The Kier molecular flexibility index (Phi) is 11.6. The number of nitrogens with one attached hydrogen (secondary N) is 2. The number of carbonyl (C=O) groups excluding carboxylic acids is 2. The molecule has 3 N–H and O–H groups in total. The Morgan fingerprint density at radius 2 is 2.05 bits per heavy atom. The molecule has 0 saturated heterocycles. The van der Waals surface area contributed by atoms with E-state index in [-0.39, 0.29) is 35.6 Å². The number of likely N-dealkylation sites (N-methyl/N-ethyl adjacent to an activating group) is 1. The van der Waals surface area contributed by atoms with Gasteiger partial charge in [0.25, 0.3) is 5.91 Å². The van der Waals surface area contributed by atoms with E-state index in [0.717, 1.165) is 25.1 Å². The van der Waals surface area contributed by atoms with Gasteiger partial charge in [0.1, 0.15) is 11.4 Å². The monoisotopic (exact) mass is 607 g/mol. The number of amides is 2. The number of benzene rings is 2. The zero-order valence-electron chi connectivity index (χ0n) is 26.9. The average molecular weight is 608 g/mol. The first-order chi connectivity index (χ1) is 21.1. The maximum absolute atomic E-state index is 13.3. The molecule has 0 spiro atoms. The van der Waals surface area contributed by atoms with Crippen molar-refractivity contribution in [1.29, 1.82) is 0 Å². The van der Waals surface area contributed by atoms with Crippen LogP contribution in [-0.2, 0) is 27.2 Å². The zero-order chi connectivity index (χ0) is 31.7. The van der Waals surface area contributed by atoms with Crippen LogP contribution in [0.25, 0.3) is 0 Å². The van der Waals surface area contributed by atoms with Gasteiger partial charge in [-0.2, -0.15) is 5.10 Å². The number of phenolic OH excluding ortho intramolecular Hbond substituents is 1. The molecule has 2 heterocycles. The van der Waals surface area contributed by atoms with E-state index in [4.69, 9.17) is 9.47 Å². The number of rotatable bonds is 15. The molecule has 2 amide bonds. The lowest BCUT2D eigenvalue weighted by Crippen LogP contribution is -2.48. The lowest BCUT2D eigenvalue weighted by molar-refractivity contribution is -0.136. The van der Waals surface area contributed by atoms with E-state index < -0.39 is 0 Å². The highest BCUT2D eigenvalue weighted by Crippen LogP contribution is 2.39. The second-order valence-electron chi connectivity index (χ2n) is 12.6. The van der Waals surface area contributed by atoms with Gasteiger partial charge in [0.05, 0.1) is 19.6 Å². The normalized spacial score (nSPS) is 16.8. The van der Waals surface area contributed by atoms with Crippen LogP contribution in [0.1, 0.15) is 63.6 Å². The first-order valence-electron chi connectivity index (χ1n) is 15.8. The highest BCUT2D eigenvalue weighted by Gasteiger charge is 2.29. The van der Waals surface area contributed by atoms with Gasteiger partial charge in [-0.05, 0) is 61.4 Å². The molecule has 0 aromatic heterocycles. The molecule has 44 heavy (non-hydrogen) atoms. The summed E-state index contributed by atoms with van der Waals surface area (Å²) in [7, 11) is 0. The molecule has 10 nitrogen and oxygen atoms in total.